The van der Waals surface area contributed by atoms with E-state index in [2.05, 4.69) is 37.8 Å². The largest absolute Gasteiger partial charge is 0.373 e. The minimum absolute atomic E-state index is 0.0725. The Kier molecular flexibility index (Phi) is 55.3. The van der Waals surface area contributed by atoms with Gasteiger partial charge in [-0.05, 0) is 76.0 Å². The number of ether oxygens (including phenoxy) is 2. The van der Waals surface area contributed by atoms with Crippen LogP contribution in [0, 0.1) is 0 Å². The summed E-state index contributed by atoms with van der Waals surface area (Å²) in [6, 6.07) is 0. The Morgan fingerprint density at radius 1 is 0.310 bits per heavy atom. The molecule has 520 valence electrons. The van der Waals surface area contributed by atoms with Gasteiger partial charge < -0.3 is 71.0 Å². The fourth-order valence-corrected chi connectivity index (χ4v) is 15.7. The smallest absolute Gasteiger partial charge is 0.248 e. The summed E-state index contributed by atoms with van der Waals surface area (Å²) in [5.41, 5.74) is 5.54. The van der Waals surface area contributed by atoms with E-state index in [0.717, 1.165) is 82.8 Å². The van der Waals surface area contributed by atoms with Crippen molar-refractivity contribution in [2.45, 2.75) is 339 Å². The molecule has 8 atom stereocenters. The number of unbranched alkanes of at least 4 members (excludes halogenated alkanes) is 44. The van der Waals surface area contributed by atoms with Crippen molar-refractivity contribution < 1.29 is 65.2 Å². The van der Waals surface area contributed by atoms with Crippen LogP contribution >= 0.6 is 42.9 Å². The van der Waals surface area contributed by atoms with Crippen molar-refractivity contribution in [1.29, 1.82) is 0 Å². The summed E-state index contributed by atoms with van der Waals surface area (Å²) in [6.07, 6.45) is 74.6. The predicted octanol–water partition coefficient (Wildman–Crippen LogP) is 19.4. The van der Waals surface area contributed by atoms with Gasteiger partial charge in [0.25, 0.3) is 0 Å². The van der Waals surface area contributed by atoms with Crippen molar-refractivity contribution in [1.82, 2.24) is 0 Å². The Hall–Kier alpha value is 0.950. The van der Waals surface area contributed by atoms with Crippen molar-refractivity contribution in [3.8, 4) is 0 Å². The van der Waals surface area contributed by atoms with E-state index < -0.39 is 54.7 Å². The first kappa shape index (κ1) is 84.0. The third kappa shape index (κ3) is 52.9. The molecular weight excluding hydrogens is 1200 g/mol. The second kappa shape index (κ2) is 57.2. The lowest BCUT2D eigenvalue weighted by atomic mass is 10.0. The van der Waals surface area contributed by atoms with E-state index in [1.54, 1.807) is 0 Å². The van der Waals surface area contributed by atoms with Gasteiger partial charge in [0.2, 0.25) is 30.3 Å². The van der Waals surface area contributed by atoms with Crippen LogP contribution in [-0.4, -0.2) is 134 Å². The molecule has 0 aromatic heterocycles. The van der Waals surface area contributed by atoms with Crippen molar-refractivity contribution >= 4 is 68.1 Å². The number of rotatable bonds is 68. The van der Waals surface area contributed by atoms with Gasteiger partial charge in [-0.15, -0.1) is 0 Å². The molecule has 2 aliphatic heterocycles. The summed E-state index contributed by atoms with van der Waals surface area (Å²) in [7, 11) is -12.9. The predicted molar refractivity (Wildman–Crippen MR) is 379 cm³/mol. The average molecular weight is 1340 g/mol. The first-order chi connectivity index (χ1) is 42.2. The van der Waals surface area contributed by atoms with Crippen LogP contribution in [0.3, 0.4) is 0 Å². The van der Waals surface area contributed by atoms with E-state index in [-0.39, 0.29) is 13.2 Å². The monoisotopic (exact) mass is 1340 g/mol. The third-order valence-corrected chi connectivity index (χ3v) is 21.9. The third-order valence-electron chi connectivity index (χ3n) is 16.9. The summed E-state index contributed by atoms with van der Waals surface area (Å²) in [5.74, 6) is 0.880. The van der Waals surface area contributed by atoms with Gasteiger partial charge in [0, 0.05) is 26.1 Å². The summed E-state index contributed by atoms with van der Waals surface area (Å²) >= 11 is 4.23. The highest BCUT2D eigenvalue weighted by molar-refractivity contribution is 7.80. The van der Waals surface area contributed by atoms with Gasteiger partial charge in [-0.3, -0.25) is 0 Å². The molecule has 2 fully saturated rings. The van der Waals surface area contributed by atoms with Gasteiger partial charge in [-0.1, -0.05) is 263 Å². The average Bonchev–Trinajstić information content (AvgIpc) is 3.91. The first-order valence-corrected chi connectivity index (χ1v) is 43.5. The summed E-state index contributed by atoms with van der Waals surface area (Å²) < 4.78 is 57.0. The molecule has 0 bridgehead atoms. The first-order valence-electron chi connectivity index (χ1n) is 35.8. The maximum Gasteiger partial charge on any atom is 0.248 e. The highest BCUT2D eigenvalue weighted by atomic mass is 32.1. The van der Waals surface area contributed by atoms with E-state index >= 15 is 0 Å². The normalized spacial score (nSPS) is 20.0. The molecule has 87 heavy (non-hydrogen) atoms. The topological polar surface area (TPSA) is 199 Å². The number of hydrogen-bond acceptors (Lipinski definition) is 16. The van der Waals surface area contributed by atoms with E-state index in [0.29, 0.717) is 59.0 Å². The molecular formula is C67H137NO14P4S. The van der Waals surface area contributed by atoms with Crippen LogP contribution in [0.25, 0.3) is 0 Å². The summed E-state index contributed by atoms with van der Waals surface area (Å²) in [4.78, 5) is 42.5. The molecule has 2 rings (SSSR count). The SMILES string of the molecule is C=P(O)(OCCCCCCCCCCCCCCCCCCCCCCCCCCCCCCCCCCCCCCCCCOP(=C)(O)OC1CCOC1COP(=C)(O)OCCCCCCS)OCC1OCCC1OP(=C)(O)OCCCCCCN. The molecule has 0 aliphatic carbocycles. The van der Waals surface area contributed by atoms with Crippen molar-refractivity contribution in [3.05, 3.63) is 0 Å². The molecule has 0 amide bonds. The van der Waals surface area contributed by atoms with Gasteiger partial charge in [0.15, 0.2) is 0 Å². The molecule has 20 heteroatoms. The van der Waals surface area contributed by atoms with E-state index in [4.69, 9.17) is 51.4 Å². The minimum Gasteiger partial charge on any atom is -0.373 e. The quantitative estimate of drug-likeness (QED) is 0.0191. The summed E-state index contributed by atoms with van der Waals surface area (Å²) in [6.45, 7) is 3.42. The Morgan fingerprint density at radius 3 is 0.747 bits per heavy atom. The zero-order valence-electron chi connectivity index (χ0n) is 55.5. The number of thiol groups is 1. The molecule has 0 spiro atoms. The van der Waals surface area contributed by atoms with Crippen LogP contribution in [0.15, 0.2) is 0 Å². The van der Waals surface area contributed by atoms with Gasteiger partial charge in [0.05, 0.1) is 51.8 Å². The van der Waals surface area contributed by atoms with Crippen LogP contribution in [-0.2, 0) is 45.7 Å². The van der Waals surface area contributed by atoms with Crippen LogP contribution in [0.1, 0.15) is 315 Å². The molecule has 0 radical (unpaired) electrons. The molecule has 2 aliphatic rings. The molecule has 2 heterocycles. The maximum atomic E-state index is 10.8. The van der Waals surface area contributed by atoms with Gasteiger partial charge >= 0.3 is 0 Å². The van der Waals surface area contributed by atoms with Crippen LogP contribution < -0.4 is 5.73 Å². The lowest BCUT2D eigenvalue weighted by Gasteiger charge is -2.26. The molecule has 0 saturated carbocycles. The van der Waals surface area contributed by atoms with Gasteiger partial charge in [-0.25, -0.2) is 0 Å². The second-order valence-electron chi connectivity index (χ2n) is 25.3. The highest BCUT2D eigenvalue weighted by Crippen LogP contribution is 2.49. The van der Waals surface area contributed by atoms with Crippen molar-refractivity contribution in [3.63, 3.8) is 0 Å². The van der Waals surface area contributed by atoms with Crippen LogP contribution in [0.2, 0.25) is 0 Å². The van der Waals surface area contributed by atoms with Crippen LogP contribution in [0.5, 0.6) is 0 Å². The van der Waals surface area contributed by atoms with Crippen molar-refractivity contribution in [2.24, 2.45) is 5.73 Å². The molecule has 0 aromatic rings. The molecule has 0 aromatic carbocycles. The fourth-order valence-electron chi connectivity index (χ4n) is 11.5. The minimum atomic E-state index is -3.24. The lowest BCUT2D eigenvalue weighted by molar-refractivity contribution is 0.00725. The molecule has 15 nitrogen and oxygen atoms in total. The van der Waals surface area contributed by atoms with Gasteiger partial charge in [-0.2, -0.15) is 12.6 Å². The van der Waals surface area contributed by atoms with E-state index in [9.17, 15) is 19.6 Å². The van der Waals surface area contributed by atoms with Gasteiger partial charge in [0.1, 0.15) is 12.2 Å². The molecule has 8 unspecified atom stereocenters. The molecule has 2 saturated heterocycles. The zero-order chi connectivity index (χ0) is 63.1. The van der Waals surface area contributed by atoms with Crippen LogP contribution in [0.4, 0.5) is 0 Å². The fraction of sp³-hybridized carbons (Fsp3) is 0.940. The Labute approximate surface area is 540 Å². The number of hydrogen-bond donors (Lipinski definition) is 6. The van der Waals surface area contributed by atoms with E-state index in [1.165, 1.54) is 225 Å². The summed E-state index contributed by atoms with van der Waals surface area (Å²) in [5, 5.41) is 0. The highest BCUT2D eigenvalue weighted by Gasteiger charge is 2.36. The standard InChI is InChI=1S/C67H137NO14P4S/c1-83(69,79-62-66-65(53-60-73-66)82-86(4,72)78-58-49-43-40-46-54-68)75-55-47-41-38-36-34-32-30-28-26-24-22-20-18-16-14-12-10-8-6-5-7-9-11-13-15-17-19-21-23-25-27-29-31-33-35-37-39-42-48-57-77-85(3,71)81-64-52-59-74-67(64)63-80-84(2,70)76-56-50-44-45-51-61-87/h64-67,69-72,87H,1-63,68H2. The number of nitrogens with two attached hydrogens (primary N) is 1. The Morgan fingerprint density at radius 2 is 0.517 bits per heavy atom. The zero-order valence-corrected chi connectivity index (χ0v) is 60.0. The Bertz CT molecular complexity index is 1740. The molecule has 6 N–H and O–H groups in total. The second-order valence-corrected chi connectivity index (χ2v) is 32.8. The lowest BCUT2D eigenvalue weighted by Crippen LogP contribution is -2.28. The maximum absolute atomic E-state index is 10.8. The van der Waals surface area contributed by atoms with E-state index in [1.807, 2.05) is 0 Å². The van der Waals surface area contributed by atoms with Crippen molar-refractivity contribution in [2.75, 3.05) is 65.2 Å². The Balaban J connectivity index is 1.21.